The van der Waals surface area contributed by atoms with E-state index in [1.54, 1.807) is 0 Å². The lowest BCUT2D eigenvalue weighted by atomic mass is 10.2. The maximum absolute atomic E-state index is 5.93. The number of aromatic nitrogens is 1. The van der Waals surface area contributed by atoms with Crippen LogP contribution < -0.4 is 10.6 Å². The molecule has 3 rings (SSSR count). The molecule has 0 radical (unpaired) electrons. The van der Waals surface area contributed by atoms with Crippen molar-refractivity contribution in [3.63, 3.8) is 0 Å². The summed E-state index contributed by atoms with van der Waals surface area (Å²) in [4.78, 5) is 4.74. The van der Waals surface area contributed by atoms with Gasteiger partial charge in [0.1, 0.15) is 0 Å². The van der Waals surface area contributed by atoms with Crippen molar-refractivity contribution in [2.75, 3.05) is 31.1 Å². The zero-order valence-corrected chi connectivity index (χ0v) is 12.6. The molecule has 1 aliphatic rings. The van der Waals surface area contributed by atoms with Gasteiger partial charge in [-0.2, -0.15) is 0 Å². The molecule has 0 amide bonds. The zero-order valence-electron chi connectivity index (χ0n) is 11.8. The van der Waals surface area contributed by atoms with Crippen LogP contribution >= 0.6 is 11.6 Å². The Labute approximate surface area is 129 Å². The third kappa shape index (κ3) is 3.56. The Hall–Kier alpha value is -1.56. The van der Waals surface area contributed by atoms with Crippen LogP contribution in [0.1, 0.15) is 11.5 Å². The predicted molar refractivity (Wildman–Crippen MR) is 83.3 cm³/mol. The van der Waals surface area contributed by atoms with Crippen LogP contribution in [0.3, 0.4) is 0 Å². The molecule has 112 valence electrons. The minimum atomic E-state index is 0.424. The molecular formula is C15H19ClN4O. The Balaban J connectivity index is 1.54. The van der Waals surface area contributed by atoms with Crippen molar-refractivity contribution in [3.05, 3.63) is 46.8 Å². The first-order chi connectivity index (χ1) is 10.2. The monoisotopic (exact) mass is 306 g/mol. The highest BCUT2D eigenvalue weighted by Gasteiger charge is 2.18. The second-order valence-corrected chi connectivity index (χ2v) is 5.66. The minimum absolute atomic E-state index is 0.424. The Morgan fingerprint density at radius 2 is 1.86 bits per heavy atom. The number of anilines is 1. The standard InChI is InChI=1S/C15H19ClN4O/c16-12-1-3-14(4-2-12)20-7-5-19(6-8-20)11-15-9-13(10-17)18-21-15/h1-4,9H,5-8,10-11,17H2. The van der Waals surface area contributed by atoms with Gasteiger partial charge in [-0.15, -0.1) is 0 Å². The molecule has 0 aliphatic carbocycles. The molecule has 0 atom stereocenters. The van der Waals surface area contributed by atoms with Crippen LogP contribution in [0.5, 0.6) is 0 Å². The molecule has 0 unspecified atom stereocenters. The van der Waals surface area contributed by atoms with Gasteiger partial charge >= 0.3 is 0 Å². The molecule has 6 heteroatoms. The molecule has 2 heterocycles. The van der Waals surface area contributed by atoms with Crippen molar-refractivity contribution in [1.82, 2.24) is 10.1 Å². The minimum Gasteiger partial charge on any atom is -0.369 e. The average molecular weight is 307 g/mol. The molecule has 1 fully saturated rings. The van der Waals surface area contributed by atoms with Gasteiger partial charge in [-0.1, -0.05) is 16.8 Å². The van der Waals surface area contributed by atoms with Gasteiger partial charge in [0.15, 0.2) is 5.76 Å². The topological polar surface area (TPSA) is 58.5 Å². The third-order valence-electron chi connectivity index (χ3n) is 3.76. The summed E-state index contributed by atoms with van der Waals surface area (Å²) in [5.74, 6) is 0.885. The SMILES string of the molecule is NCc1cc(CN2CCN(c3ccc(Cl)cc3)CC2)on1. The number of nitrogens with two attached hydrogens (primary N) is 1. The van der Waals surface area contributed by atoms with Gasteiger partial charge in [0.05, 0.1) is 12.2 Å². The molecule has 1 aromatic heterocycles. The number of halogens is 1. The van der Waals surface area contributed by atoms with Gasteiger partial charge in [-0.3, -0.25) is 4.90 Å². The number of hydrogen-bond acceptors (Lipinski definition) is 5. The van der Waals surface area contributed by atoms with Crippen molar-refractivity contribution < 1.29 is 4.52 Å². The lowest BCUT2D eigenvalue weighted by Gasteiger charge is -2.35. The number of piperazine rings is 1. The molecule has 1 saturated heterocycles. The van der Waals surface area contributed by atoms with E-state index in [0.29, 0.717) is 6.54 Å². The van der Waals surface area contributed by atoms with Crippen LogP contribution in [0.25, 0.3) is 0 Å². The van der Waals surface area contributed by atoms with Gasteiger partial charge in [0.2, 0.25) is 0 Å². The zero-order chi connectivity index (χ0) is 14.7. The van der Waals surface area contributed by atoms with Crippen molar-refractivity contribution in [3.8, 4) is 0 Å². The highest BCUT2D eigenvalue weighted by atomic mass is 35.5. The fourth-order valence-corrected chi connectivity index (χ4v) is 2.69. The number of benzene rings is 1. The van der Waals surface area contributed by atoms with Gasteiger partial charge in [0, 0.05) is 49.5 Å². The third-order valence-corrected chi connectivity index (χ3v) is 4.01. The maximum Gasteiger partial charge on any atom is 0.151 e. The molecule has 21 heavy (non-hydrogen) atoms. The summed E-state index contributed by atoms with van der Waals surface area (Å²) in [5, 5.41) is 4.70. The van der Waals surface area contributed by atoms with E-state index < -0.39 is 0 Å². The molecule has 5 nitrogen and oxygen atoms in total. The van der Waals surface area contributed by atoms with Crippen LogP contribution in [0.15, 0.2) is 34.9 Å². The first kappa shape index (κ1) is 14.4. The van der Waals surface area contributed by atoms with E-state index in [2.05, 4.69) is 27.1 Å². The van der Waals surface area contributed by atoms with E-state index in [1.807, 2.05) is 18.2 Å². The average Bonchev–Trinajstić information content (AvgIpc) is 2.97. The Morgan fingerprint density at radius 3 is 2.48 bits per heavy atom. The quantitative estimate of drug-likeness (QED) is 0.937. The number of rotatable bonds is 4. The molecule has 0 spiro atoms. The summed E-state index contributed by atoms with van der Waals surface area (Å²) < 4.78 is 5.28. The molecule has 0 saturated carbocycles. The van der Waals surface area contributed by atoms with Gasteiger partial charge < -0.3 is 15.2 Å². The second-order valence-electron chi connectivity index (χ2n) is 5.23. The summed E-state index contributed by atoms with van der Waals surface area (Å²) in [6, 6.07) is 9.95. The molecule has 1 aliphatic heterocycles. The van der Waals surface area contributed by atoms with E-state index in [1.165, 1.54) is 5.69 Å². The van der Waals surface area contributed by atoms with Crippen LogP contribution in [-0.2, 0) is 13.1 Å². The van der Waals surface area contributed by atoms with Crippen LogP contribution in [0.2, 0.25) is 5.02 Å². The van der Waals surface area contributed by atoms with E-state index in [0.717, 1.165) is 49.2 Å². The van der Waals surface area contributed by atoms with Crippen molar-refractivity contribution >= 4 is 17.3 Å². The van der Waals surface area contributed by atoms with Gasteiger partial charge in [0.25, 0.3) is 0 Å². The summed E-state index contributed by atoms with van der Waals surface area (Å²) in [5.41, 5.74) is 7.57. The van der Waals surface area contributed by atoms with Gasteiger partial charge in [-0.25, -0.2) is 0 Å². The van der Waals surface area contributed by atoms with Crippen LogP contribution in [-0.4, -0.2) is 36.2 Å². The van der Waals surface area contributed by atoms with E-state index in [4.69, 9.17) is 21.9 Å². The van der Waals surface area contributed by atoms with Crippen molar-refractivity contribution in [2.45, 2.75) is 13.1 Å². The normalized spacial score (nSPS) is 16.4. The molecule has 1 aromatic carbocycles. The van der Waals surface area contributed by atoms with Crippen LogP contribution in [0.4, 0.5) is 5.69 Å². The van der Waals surface area contributed by atoms with E-state index >= 15 is 0 Å². The molecule has 0 bridgehead atoms. The molecule has 2 N–H and O–H groups in total. The summed E-state index contributed by atoms with van der Waals surface area (Å²) in [6.07, 6.45) is 0. The van der Waals surface area contributed by atoms with Crippen molar-refractivity contribution in [1.29, 1.82) is 0 Å². The second kappa shape index (κ2) is 6.47. The lowest BCUT2D eigenvalue weighted by molar-refractivity contribution is 0.219. The lowest BCUT2D eigenvalue weighted by Crippen LogP contribution is -2.45. The first-order valence-electron chi connectivity index (χ1n) is 7.12. The number of nitrogens with zero attached hydrogens (tertiary/aromatic N) is 3. The highest BCUT2D eigenvalue weighted by Crippen LogP contribution is 2.20. The highest BCUT2D eigenvalue weighted by molar-refractivity contribution is 6.30. The van der Waals surface area contributed by atoms with E-state index in [-0.39, 0.29) is 0 Å². The summed E-state index contributed by atoms with van der Waals surface area (Å²) >= 11 is 5.93. The predicted octanol–water partition coefficient (Wildman–Crippen LogP) is 2.11. The fraction of sp³-hybridized carbons (Fsp3) is 0.400. The Morgan fingerprint density at radius 1 is 1.14 bits per heavy atom. The molecule has 2 aromatic rings. The Bertz CT molecular complexity index is 576. The Kier molecular flexibility index (Phi) is 4.43. The fourth-order valence-electron chi connectivity index (χ4n) is 2.56. The number of hydrogen-bond donors (Lipinski definition) is 1. The summed E-state index contributed by atoms with van der Waals surface area (Å²) in [6.45, 7) is 5.22. The summed E-state index contributed by atoms with van der Waals surface area (Å²) in [7, 11) is 0. The maximum atomic E-state index is 5.93. The molecular weight excluding hydrogens is 288 g/mol. The largest absolute Gasteiger partial charge is 0.369 e. The first-order valence-corrected chi connectivity index (χ1v) is 7.50. The van der Waals surface area contributed by atoms with Crippen molar-refractivity contribution in [2.24, 2.45) is 5.73 Å². The van der Waals surface area contributed by atoms with E-state index in [9.17, 15) is 0 Å². The van der Waals surface area contributed by atoms with Gasteiger partial charge in [-0.05, 0) is 24.3 Å². The van der Waals surface area contributed by atoms with Crippen LogP contribution in [0, 0.1) is 0 Å². The smallest absolute Gasteiger partial charge is 0.151 e.